The van der Waals surface area contributed by atoms with Gasteiger partial charge in [-0.15, -0.1) is 0 Å². The van der Waals surface area contributed by atoms with Crippen LogP contribution in [0.3, 0.4) is 0 Å². The van der Waals surface area contributed by atoms with Crippen molar-refractivity contribution in [1.82, 2.24) is 4.98 Å². The van der Waals surface area contributed by atoms with E-state index in [4.69, 9.17) is 9.31 Å². The van der Waals surface area contributed by atoms with Crippen molar-refractivity contribution in [2.45, 2.75) is 45.3 Å². The zero-order chi connectivity index (χ0) is 14.4. The monoisotopic (exact) mass is 333 g/mol. The van der Waals surface area contributed by atoms with Gasteiger partial charge in [0.1, 0.15) is 5.69 Å². The molecule has 104 valence electrons. The number of alkyl halides is 2. The summed E-state index contributed by atoms with van der Waals surface area (Å²) in [5.74, 6) is 0. The lowest BCUT2D eigenvalue weighted by atomic mass is 9.80. The maximum Gasteiger partial charge on any atom is 0.496 e. The first-order chi connectivity index (χ1) is 8.64. The van der Waals surface area contributed by atoms with Crippen molar-refractivity contribution in [1.29, 1.82) is 0 Å². The van der Waals surface area contributed by atoms with E-state index in [-0.39, 0.29) is 10.2 Å². The molecule has 0 aliphatic carbocycles. The van der Waals surface area contributed by atoms with Crippen LogP contribution in [0.25, 0.3) is 0 Å². The lowest BCUT2D eigenvalue weighted by molar-refractivity contribution is 0.00578. The number of aromatic nitrogens is 1. The lowest BCUT2D eigenvalue weighted by Crippen LogP contribution is -2.41. The normalized spacial score (nSPS) is 21.2. The third-order valence-electron chi connectivity index (χ3n) is 3.62. The fourth-order valence-corrected chi connectivity index (χ4v) is 2.27. The molecular formula is C12H15BBrF2NO2. The molecule has 3 nitrogen and oxygen atoms in total. The Hall–Kier alpha value is -0.525. The van der Waals surface area contributed by atoms with Crippen LogP contribution in [0.2, 0.25) is 0 Å². The Balaban J connectivity index is 2.28. The number of rotatable bonds is 2. The Morgan fingerprint density at radius 2 is 1.74 bits per heavy atom. The molecule has 0 saturated carbocycles. The van der Waals surface area contributed by atoms with Crippen LogP contribution in [0.1, 0.15) is 39.8 Å². The van der Waals surface area contributed by atoms with E-state index in [1.54, 1.807) is 6.07 Å². The molecule has 19 heavy (non-hydrogen) atoms. The predicted molar refractivity (Wildman–Crippen MR) is 72.6 cm³/mol. The first kappa shape index (κ1) is 14.9. The van der Waals surface area contributed by atoms with Crippen molar-refractivity contribution < 1.29 is 18.1 Å². The Labute approximate surface area is 120 Å². The third kappa shape index (κ3) is 2.69. The van der Waals surface area contributed by atoms with Gasteiger partial charge in [-0.2, -0.15) is 0 Å². The summed E-state index contributed by atoms with van der Waals surface area (Å²) in [5, 5.41) is 0. The number of hydrogen-bond acceptors (Lipinski definition) is 3. The summed E-state index contributed by atoms with van der Waals surface area (Å²) in [6.45, 7) is 7.73. The van der Waals surface area contributed by atoms with E-state index >= 15 is 0 Å². The highest BCUT2D eigenvalue weighted by Crippen LogP contribution is 2.36. The van der Waals surface area contributed by atoms with Crippen molar-refractivity contribution in [3.05, 3.63) is 22.4 Å². The van der Waals surface area contributed by atoms with E-state index in [2.05, 4.69) is 20.9 Å². The topological polar surface area (TPSA) is 31.4 Å². The number of hydrogen-bond donors (Lipinski definition) is 0. The fraction of sp³-hybridized carbons (Fsp3) is 0.583. The predicted octanol–water partition coefficient (Wildman–Crippen LogP) is 3.08. The van der Waals surface area contributed by atoms with Gasteiger partial charge in [-0.3, -0.25) is 4.98 Å². The molecule has 1 fully saturated rings. The van der Waals surface area contributed by atoms with Crippen LogP contribution >= 0.6 is 15.9 Å². The zero-order valence-corrected chi connectivity index (χ0v) is 12.8. The molecule has 0 radical (unpaired) electrons. The van der Waals surface area contributed by atoms with Crippen molar-refractivity contribution in [2.24, 2.45) is 0 Å². The molecule has 0 atom stereocenters. The van der Waals surface area contributed by atoms with Crippen LogP contribution < -0.4 is 5.46 Å². The third-order valence-corrected chi connectivity index (χ3v) is 4.26. The second-order valence-corrected chi connectivity index (χ2v) is 6.38. The Kier molecular flexibility index (Phi) is 3.75. The minimum Gasteiger partial charge on any atom is -0.399 e. The molecule has 0 aromatic carbocycles. The van der Waals surface area contributed by atoms with Gasteiger partial charge in [0, 0.05) is 16.1 Å². The highest BCUT2D eigenvalue weighted by Gasteiger charge is 2.51. The molecular weight excluding hydrogens is 319 g/mol. The van der Waals surface area contributed by atoms with Crippen molar-refractivity contribution in [2.75, 3.05) is 0 Å². The molecule has 1 aliphatic rings. The van der Waals surface area contributed by atoms with E-state index in [1.807, 2.05) is 27.7 Å². The van der Waals surface area contributed by atoms with Gasteiger partial charge >= 0.3 is 7.12 Å². The maximum atomic E-state index is 12.6. The molecule has 7 heteroatoms. The summed E-state index contributed by atoms with van der Waals surface area (Å²) in [5.41, 5.74) is -0.591. The van der Waals surface area contributed by atoms with Crippen molar-refractivity contribution in [3.8, 4) is 0 Å². The molecule has 0 N–H and O–H groups in total. The second-order valence-electron chi connectivity index (χ2n) is 5.52. The molecule has 0 amide bonds. The molecule has 1 aliphatic heterocycles. The smallest absolute Gasteiger partial charge is 0.399 e. The minimum absolute atomic E-state index is 0.259. The van der Waals surface area contributed by atoms with Crippen molar-refractivity contribution in [3.63, 3.8) is 0 Å². The number of pyridine rings is 1. The molecule has 1 saturated heterocycles. The molecule has 2 rings (SSSR count). The first-order valence-corrected chi connectivity index (χ1v) is 6.72. The Bertz CT molecular complexity index is 481. The van der Waals surface area contributed by atoms with Crippen LogP contribution in [0, 0.1) is 0 Å². The minimum atomic E-state index is -2.61. The summed E-state index contributed by atoms with van der Waals surface area (Å²) in [6, 6.07) is 1.57. The van der Waals surface area contributed by atoms with Gasteiger partial charge in [0.05, 0.1) is 11.2 Å². The van der Waals surface area contributed by atoms with Gasteiger partial charge in [-0.25, -0.2) is 8.78 Å². The van der Waals surface area contributed by atoms with Gasteiger partial charge in [0.15, 0.2) is 0 Å². The molecule has 1 aromatic heterocycles. The van der Waals surface area contributed by atoms with Crippen molar-refractivity contribution >= 4 is 28.5 Å². The quantitative estimate of drug-likeness (QED) is 0.779. The van der Waals surface area contributed by atoms with Gasteiger partial charge in [-0.1, -0.05) is 0 Å². The van der Waals surface area contributed by atoms with Gasteiger partial charge in [0.2, 0.25) is 0 Å². The highest BCUT2D eigenvalue weighted by molar-refractivity contribution is 9.10. The summed E-state index contributed by atoms with van der Waals surface area (Å²) in [4.78, 5) is 3.76. The van der Waals surface area contributed by atoms with E-state index in [9.17, 15) is 8.78 Å². The summed E-state index contributed by atoms with van der Waals surface area (Å²) >= 11 is 3.10. The highest BCUT2D eigenvalue weighted by atomic mass is 79.9. The molecule has 0 unspecified atom stereocenters. The molecule has 1 aromatic rings. The summed E-state index contributed by atoms with van der Waals surface area (Å²) < 4.78 is 37.2. The van der Waals surface area contributed by atoms with Crippen LogP contribution in [-0.4, -0.2) is 23.3 Å². The number of halogens is 3. The molecule has 0 spiro atoms. The maximum absolute atomic E-state index is 12.6. The van der Waals surface area contributed by atoms with Gasteiger partial charge < -0.3 is 9.31 Å². The average molecular weight is 334 g/mol. The van der Waals surface area contributed by atoms with Crippen LogP contribution in [-0.2, 0) is 9.31 Å². The van der Waals surface area contributed by atoms with E-state index < -0.39 is 24.7 Å². The number of nitrogens with zero attached hydrogens (tertiary/aromatic N) is 1. The lowest BCUT2D eigenvalue weighted by Gasteiger charge is -2.32. The fourth-order valence-electron chi connectivity index (χ4n) is 1.73. The van der Waals surface area contributed by atoms with Crippen LogP contribution in [0.15, 0.2) is 16.7 Å². The first-order valence-electron chi connectivity index (χ1n) is 5.93. The van der Waals surface area contributed by atoms with E-state index in [1.165, 1.54) is 6.20 Å². The zero-order valence-electron chi connectivity index (χ0n) is 11.2. The van der Waals surface area contributed by atoms with Gasteiger partial charge in [-0.05, 0) is 49.7 Å². The summed E-state index contributed by atoms with van der Waals surface area (Å²) in [6.07, 6.45) is -1.24. The Morgan fingerprint density at radius 1 is 1.21 bits per heavy atom. The van der Waals surface area contributed by atoms with Gasteiger partial charge in [0.25, 0.3) is 6.43 Å². The largest absolute Gasteiger partial charge is 0.496 e. The standard InChI is InChI=1S/C12H15BBrF2NO2/c1-11(2)12(3,4)19-13(18-11)7-5-8(14)9(10(15)16)17-6-7/h5-6,10H,1-4H3. The SMILES string of the molecule is CC1(C)OB(c2cnc(C(F)F)c(Br)c2)OC1(C)C. The molecule has 0 bridgehead atoms. The second kappa shape index (κ2) is 4.79. The van der Waals surface area contributed by atoms with Crippen LogP contribution in [0.5, 0.6) is 0 Å². The van der Waals surface area contributed by atoms with Crippen LogP contribution in [0.4, 0.5) is 8.78 Å². The Morgan fingerprint density at radius 3 is 2.16 bits per heavy atom. The summed E-state index contributed by atoms with van der Waals surface area (Å²) in [7, 11) is -0.597. The van der Waals surface area contributed by atoms with E-state index in [0.29, 0.717) is 5.46 Å². The van der Waals surface area contributed by atoms with E-state index in [0.717, 1.165) is 0 Å². The molecule has 2 heterocycles. The average Bonchev–Trinajstić information content (AvgIpc) is 2.47.